The van der Waals surface area contributed by atoms with Crippen molar-refractivity contribution in [3.05, 3.63) is 63.4 Å². The van der Waals surface area contributed by atoms with Gasteiger partial charge in [0.05, 0.1) is 28.4 Å². The first-order valence-electron chi connectivity index (χ1n) is 10.2. The average Bonchev–Trinajstić information content (AvgIpc) is 3.27. The highest BCUT2D eigenvalue weighted by molar-refractivity contribution is 7.98. The minimum atomic E-state index is -3.52. The Hall–Kier alpha value is -1.91. The van der Waals surface area contributed by atoms with E-state index in [4.69, 9.17) is 21.3 Å². The number of ether oxygens (including phenoxy) is 1. The van der Waals surface area contributed by atoms with E-state index in [0.29, 0.717) is 40.0 Å². The molecule has 1 aliphatic heterocycles. The van der Waals surface area contributed by atoms with Crippen LogP contribution in [0.2, 0.25) is 5.02 Å². The molecule has 4 rings (SSSR count). The highest BCUT2D eigenvalue weighted by Crippen LogP contribution is 2.26. The van der Waals surface area contributed by atoms with E-state index < -0.39 is 10.0 Å². The molecule has 0 saturated carbocycles. The largest absolute Gasteiger partial charge is 0.376 e. The lowest BCUT2D eigenvalue weighted by Gasteiger charge is -2.17. The number of benzene rings is 2. The number of nitrogens with zero attached hydrogens (tertiary/aromatic N) is 3. The van der Waals surface area contributed by atoms with Crippen molar-refractivity contribution in [1.82, 2.24) is 13.9 Å². The number of rotatable bonds is 7. The SMILES string of the molecule is CN(C)S(=O)(=O)c1cccc(CSc2nc3cc(Cl)ccc3c(=O)n2C[C@H]2CCCO2)c1. The second kappa shape index (κ2) is 9.52. The van der Waals surface area contributed by atoms with E-state index in [9.17, 15) is 13.2 Å². The first-order valence-corrected chi connectivity index (χ1v) is 13.0. The maximum atomic E-state index is 13.2. The maximum absolute atomic E-state index is 13.2. The molecule has 1 fully saturated rings. The van der Waals surface area contributed by atoms with Gasteiger partial charge in [0.2, 0.25) is 10.0 Å². The van der Waals surface area contributed by atoms with Crippen LogP contribution in [0.15, 0.2) is 57.3 Å². The van der Waals surface area contributed by atoms with Gasteiger partial charge in [0.1, 0.15) is 0 Å². The van der Waals surface area contributed by atoms with Gasteiger partial charge in [-0.15, -0.1) is 0 Å². The van der Waals surface area contributed by atoms with E-state index in [2.05, 4.69) is 0 Å². The molecule has 0 radical (unpaired) electrons. The van der Waals surface area contributed by atoms with Crippen molar-refractivity contribution in [2.75, 3.05) is 20.7 Å². The predicted octanol–water partition coefficient (Wildman–Crippen LogP) is 3.77. The molecule has 1 atom stereocenters. The van der Waals surface area contributed by atoms with E-state index in [-0.39, 0.29) is 16.6 Å². The monoisotopic (exact) mass is 493 g/mol. The molecule has 0 amide bonds. The summed E-state index contributed by atoms with van der Waals surface area (Å²) in [5, 5.41) is 1.58. The van der Waals surface area contributed by atoms with Gasteiger partial charge in [-0.2, -0.15) is 0 Å². The van der Waals surface area contributed by atoms with Gasteiger partial charge >= 0.3 is 0 Å². The highest BCUT2D eigenvalue weighted by atomic mass is 35.5. The molecule has 2 heterocycles. The van der Waals surface area contributed by atoms with E-state index in [0.717, 1.165) is 18.4 Å². The van der Waals surface area contributed by atoms with Crippen molar-refractivity contribution in [2.24, 2.45) is 0 Å². The number of thioether (sulfide) groups is 1. The highest BCUT2D eigenvalue weighted by Gasteiger charge is 2.21. The van der Waals surface area contributed by atoms with Crippen molar-refractivity contribution in [2.45, 2.75) is 41.3 Å². The molecule has 170 valence electrons. The third-order valence-corrected chi connectivity index (χ3v) is 8.43. The Morgan fingerprint density at radius 2 is 2.06 bits per heavy atom. The van der Waals surface area contributed by atoms with E-state index in [1.165, 1.54) is 30.2 Å². The molecular formula is C22H24ClN3O4S2. The molecule has 3 aromatic rings. The summed E-state index contributed by atoms with van der Waals surface area (Å²) in [4.78, 5) is 18.2. The molecule has 32 heavy (non-hydrogen) atoms. The van der Waals surface area contributed by atoms with Crippen molar-refractivity contribution in [3.8, 4) is 0 Å². The average molecular weight is 494 g/mol. The minimum absolute atomic E-state index is 0.0211. The molecule has 7 nitrogen and oxygen atoms in total. The van der Waals surface area contributed by atoms with E-state index in [1.54, 1.807) is 41.0 Å². The molecule has 0 N–H and O–H groups in total. The summed E-state index contributed by atoms with van der Waals surface area (Å²) in [5.41, 5.74) is 1.23. The third-order valence-electron chi connectivity index (χ3n) is 5.34. The molecule has 10 heteroatoms. The first-order chi connectivity index (χ1) is 15.3. The van der Waals surface area contributed by atoms with Crippen LogP contribution in [0.5, 0.6) is 0 Å². The third kappa shape index (κ3) is 4.87. The summed E-state index contributed by atoms with van der Waals surface area (Å²) >= 11 is 7.51. The number of hydrogen-bond donors (Lipinski definition) is 0. The van der Waals surface area contributed by atoms with Crippen LogP contribution in [0.4, 0.5) is 0 Å². The molecule has 1 aliphatic rings. The van der Waals surface area contributed by atoms with Crippen molar-refractivity contribution < 1.29 is 13.2 Å². The van der Waals surface area contributed by atoms with Gasteiger partial charge in [-0.05, 0) is 48.7 Å². The van der Waals surface area contributed by atoms with Gasteiger partial charge < -0.3 is 4.74 Å². The lowest BCUT2D eigenvalue weighted by molar-refractivity contribution is 0.0937. The standard InChI is InChI=1S/C22H24ClN3O4S2/c1-25(2)32(28,29)18-7-3-5-15(11-18)14-31-22-24-20-12-16(23)8-9-19(20)21(27)26(22)13-17-6-4-10-30-17/h3,5,7-9,11-12,17H,4,6,10,13-14H2,1-2H3/t17-/m1/s1. The lowest BCUT2D eigenvalue weighted by atomic mass is 10.2. The topological polar surface area (TPSA) is 81.5 Å². The summed E-state index contributed by atoms with van der Waals surface area (Å²) in [7, 11) is -0.515. The Bertz CT molecular complexity index is 1300. The molecule has 0 aliphatic carbocycles. The van der Waals surface area contributed by atoms with E-state index >= 15 is 0 Å². The van der Waals surface area contributed by atoms with Gasteiger partial charge in [-0.3, -0.25) is 9.36 Å². The number of fused-ring (bicyclic) bond motifs is 1. The van der Waals surface area contributed by atoms with Crippen molar-refractivity contribution >= 4 is 44.3 Å². The van der Waals surface area contributed by atoms with Crippen LogP contribution in [-0.4, -0.2) is 49.1 Å². The van der Waals surface area contributed by atoms with Crippen LogP contribution < -0.4 is 5.56 Å². The predicted molar refractivity (Wildman–Crippen MR) is 127 cm³/mol. The van der Waals surface area contributed by atoms with Crippen LogP contribution in [0.25, 0.3) is 10.9 Å². The fourth-order valence-corrected chi connectivity index (χ4v) is 5.68. The van der Waals surface area contributed by atoms with Gasteiger partial charge in [-0.25, -0.2) is 17.7 Å². The Morgan fingerprint density at radius 1 is 1.25 bits per heavy atom. The zero-order chi connectivity index (χ0) is 22.9. The maximum Gasteiger partial charge on any atom is 0.262 e. The fraction of sp³-hybridized carbons (Fsp3) is 0.364. The van der Waals surface area contributed by atoms with Crippen molar-refractivity contribution in [3.63, 3.8) is 0 Å². The second-order valence-corrected chi connectivity index (χ2v) is 11.4. The molecular weight excluding hydrogens is 470 g/mol. The number of sulfonamides is 1. The lowest BCUT2D eigenvalue weighted by Crippen LogP contribution is -2.28. The van der Waals surface area contributed by atoms with Gasteiger partial charge in [-0.1, -0.05) is 35.5 Å². The van der Waals surface area contributed by atoms with Crippen LogP contribution in [0, 0.1) is 0 Å². The quantitative estimate of drug-likeness (QED) is 0.368. The Morgan fingerprint density at radius 3 is 2.78 bits per heavy atom. The zero-order valence-electron chi connectivity index (χ0n) is 17.8. The molecule has 1 saturated heterocycles. The summed E-state index contributed by atoms with van der Waals surface area (Å²) < 4.78 is 33.5. The Balaban J connectivity index is 1.68. The summed E-state index contributed by atoms with van der Waals surface area (Å²) in [6.45, 7) is 1.13. The molecule has 1 aromatic heterocycles. The van der Waals surface area contributed by atoms with Crippen LogP contribution >= 0.6 is 23.4 Å². The Kier molecular flexibility index (Phi) is 6.92. The zero-order valence-corrected chi connectivity index (χ0v) is 20.2. The normalized spacial score (nSPS) is 16.8. The van der Waals surface area contributed by atoms with Crippen molar-refractivity contribution in [1.29, 1.82) is 0 Å². The number of aromatic nitrogens is 2. The summed E-state index contributed by atoms with van der Waals surface area (Å²) in [5.74, 6) is 0.459. The van der Waals surface area contributed by atoms with E-state index in [1.807, 2.05) is 6.07 Å². The fourth-order valence-electron chi connectivity index (χ4n) is 3.59. The number of halogens is 1. The number of hydrogen-bond acceptors (Lipinski definition) is 6. The first kappa shape index (κ1) is 23.3. The summed E-state index contributed by atoms with van der Waals surface area (Å²) in [6, 6.07) is 11.9. The van der Waals surface area contributed by atoms with Gasteiger partial charge in [0, 0.05) is 31.5 Å². The molecule has 2 aromatic carbocycles. The second-order valence-electron chi connectivity index (χ2n) is 7.83. The van der Waals surface area contributed by atoms with Crippen LogP contribution in [-0.2, 0) is 27.1 Å². The molecule has 0 bridgehead atoms. The van der Waals surface area contributed by atoms with Crippen LogP contribution in [0.3, 0.4) is 0 Å². The van der Waals surface area contributed by atoms with Gasteiger partial charge in [0.15, 0.2) is 5.16 Å². The smallest absolute Gasteiger partial charge is 0.262 e. The minimum Gasteiger partial charge on any atom is -0.376 e. The summed E-state index contributed by atoms with van der Waals surface area (Å²) in [6.07, 6.45) is 1.86. The molecule has 0 spiro atoms. The molecule has 0 unspecified atom stereocenters. The Labute approximate surface area is 196 Å². The van der Waals surface area contributed by atoms with Gasteiger partial charge in [0.25, 0.3) is 5.56 Å². The van der Waals surface area contributed by atoms with Crippen LogP contribution in [0.1, 0.15) is 18.4 Å².